The summed E-state index contributed by atoms with van der Waals surface area (Å²) >= 11 is 0. The second-order valence-corrected chi connectivity index (χ2v) is 6.51. The lowest BCUT2D eigenvalue weighted by molar-refractivity contribution is 0.0704. The smallest absolute Gasteiger partial charge is 0.253 e. The molecule has 0 saturated carbocycles. The summed E-state index contributed by atoms with van der Waals surface area (Å²) in [6.07, 6.45) is 3.18. The highest BCUT2D eigenvalue weighted by Crippen LogP contribution is 2.28. The summed E-state index contributed by atoms with van der Waals surface area (Å²) in [5.41, 5.74) is 1.94. The first kappa shape index (κ1) is 16.6. The summed E-state index contributed by atoms with van der Waals surface area (Å²) < 4.78 is 28.3. The first-order valence-electron chi connectivity index (χ1n) is 8.44. The zero-order valence-corrected chi connectivity index (χ0v) is 14.2. The van der Waals surface area contributed by atoms with Crippen LogP contribution in [0.2, 0.25) is 0 Å². The maximum absolute atomic E-state index is 13.5. The Labute approximate surface area is 148 Å². The molecule has 4 rings (SSSR count). The molecule has 134 valence electrons. The highest BCUT2D eigenvalue weighted by atomic mass is 19.2. The van der Waals surface area contributed by atoms with Crippen molar-refractivity contribution in [2.24, 2.45) is 0 Å². The summed E-state index contributed by atoms with van der Waals surface area (Å²) in [5.74, 6) is -1.67. The molecule has 1 saturated heterocycles. The molecule has 0 aliphatic carbocycles. The third kappa shape index (κ3) is 2.91. The van der Waals surface area contributed by atoms with Crippen molar-refractivity contribution < 1.29 is 13.6 Å². The maximum Gasteiger partial charge on any atom is 0.253 e. The Balaban J connectivity index is 1.62. The lowest BCUT2D eigenvalue weighted by Gasteiger charge is -2.33. The van der Waals surface area contributed by atoms with E-state index in [0.717, 1.165) is 36.4 Å². The van der Waals surface area contributed by atoms with E-state index in [4.69, 9.17) is 0 Å². The van der Waals surface area contributed by atoms with Crippen LogP contribution in [0.5, 0.6) is 0 Å². The van der Waals surface area contributed by atoms with Gasteiger partial charge in [0.2, 0.25) is 0 Å². The number of aromatic nitrogens is 4. The minimum Gasteiger partial charge on any atom is -0.338 e. The third-order valence-corrected chi connectivity index (χ3v) is 4.70. The summed E-state index contributed by atoms with van der Waals surface area (Å²) in [5, 5.41) is 4.23. The number of rotatable bonds is 2. The molecule has 1 aliphatic rings. The van der Waals surface area contributed by atoms with Crippen molar-refractivity contribution in [1.29, 1.82) is 0 Å². The van der Waals surface area contributed by atoms with Gasteiger partial charge in [0.15, 0.2) is 11.6 Å². The highest BCUT2D eigenvalue weighted by molar-refractivity contribution is 5.94. The largest absolute Gasteiger partial charge is 0.338 e. The molecule has 1 amide bonds. The van der Waals surface area contributed by atoms with E-state index >= 15 is 0 Å². The van der Waals surface area contributed by atoms with Gasteiger partial charge in [-0.1, -0.05) is 0 Å². The predicted molar refractivity (Wildman–Crippen MR) is 89.8 cm³/mol. The SMILES string of the molecule is Cc1cc(C2CCCN(C(=O)c3ccc(F)c(F)c3)C2)n2ncnc2n1. The van der Waals surface area contributed by atoms with Gasteiger partial charge in [0, 0.05) is 30.3 Å². The minimum absolute atomic E-state index is 0.0731. The van der Waals surface area contributed by atoms with Crippen LogP contribution >= 0.6 is 0 Å². The van der Waals surface area contributed by atoms with Crippen molar-refractivity contribution in [3.8, 4) is 0 Å². The summed E-state index contributed by atoms with van der Waals surface area (Å²) in [6.45, 7) is 2.96. The molecule has 0 radical (unpaired) electrons. The fourth-order valence-electron chi connectivity index (χ4n) is 3.46. The minimum atomic E-state index is -1.02. The summed E-state index contributed by atoms with van der Waals surface area (Å²) in [7, 11) is 0. The molecule has 1 aliphatic heterocycles. The average Bonchev–Trinajstić information content (AvgIpc) is 3.11. The number of likely N-dealkylation sites (tertiary alicyclic amines) is 1. The van der Waals surface area contributed by atoms with Gasteiger partial charge in [-0.15, -0.1) is 0 Å². The molecule has 1 aromatic carbocycles. The highest BCUT2D eigenvalue weighted by Gasteiger charge is 2.28. The molecule has 1 unspecified atom stereocenters. The number of hydrogen-bond donors (Lipinski definition) is 0. The van der Waals surface area contributed by atoms with Crippen LogP contribution in [0.25, 0.3) is 5.78 Å². The van der Waals surface area contributed by atoms with Crippen molar-refractivity contribution in [1.82, 2.24) is 24.5 Å². The van der Waals surface area contributed by atoms with Gasteiger partial charge in [-0.25, -0.2) is 18.3 Å². The molecule has 1 atom stereocenters. The molecule has 2 aromatic heterocycles. The van der Waals surface area contributed by atoms with E-state index in [1.165, 1.54) is 12.4 Å². The lowest BCUT2D eigenvalue weighted by Crippen LogP contribution is -2.39. The fourth-order valence-corrected chi connectivity index (χ4v) is 3.46. The van der Waals surface area contributed by atoms with Crippen molar-refractivity contribution in [3.63, 3.8) is 0 Å². The number of hydrogen-bond acceptors (Lipinski definition) is 4. The Bertz CT molecular complexity index is 987. The average molecular weight is 357 g/mol. The van der Waals surface area contributed by atoms with E-state index in [-0.39, 0.29) is 17.4 Å². The van der Waals surface area contributed by atoms with Crippen LogP contribution in [0, 0.1) is 18.6 Å². The van der Waals surface area contributed by atoms with Crippen LogP contribution in [-0.2, 0) is 0 Å². The second-order valence-electron chi connectivity index (χ2n) is 6.51. The third-order valence-electron chi connectivity index (χ3n) is 4.70. The van der Waals surface area contributed by atoms with Crippen LogP contribution in [-0.4, -0.2) is 43.5 Å². The van der Waals surface area contributed by atoms with E-state index in [9.17, 15) is 13.6 Å². The normalized spacial score (nSPS) is 17.7. The first-order valence-corrected chi connectivity index (χ1v) is 8.44. The van der Waals surface area contributed by atoms with Gasteiger partial charge in [0.25, 0.3) is 11.7 Å². The van der Waals surface area contributed by atoms with Crippen LogP contribution < -0.4 is 0 Å². The van der Waals surface area contributed by atoms with Crippen LogP contribution in [0.3, 0.4) is 0 Å². The van der Waals surface area contributed by atoms with Crippen molar-refractivity contribution in [2.75, 3.05) is 13.1 Å². The Morgan fingerprint density at radius 2 is 2.08 bits per heavy atom. The number of aryl methyl sites for hydroxylation is 1. The maximum atomic E-state index is 13.5. The van der Waals surface area contributed by atoms with Gasteiger partial charge in [0.05, 0.1) is 5.69 Å². The number of fused-ring (bicyclic) bond motifs is 1. The number of carbonyl (C=O) groups is 1. The molecule has 6 nitrogen and oxygen atoms in total. The quantitative estimate of drug-likeness (QED) is 0.707. The van der Waals surface area contributed by atoms with Crippen molar-refractivity contribution >= 4 is 11.7 Å². The molecule has 1 fully saturated rings. The number of halogens is 2. The Hall–Kier alpha value is -2.90. The van der Waals surface area contributed by atoms with E-state index in [2.05, 4.69) is 15.1 Å². The Morgan fingerprint density at radius 1 is 1.23 bits per heavy atom. The monoisotopic (exact) mass is 357 g/mol. The first-order chi connectivity index (χ1) is 12.5. The van der Waals surface area contributed by atoms with E-state index in [1.807, 2.05) is 13.0 Å². The molecule has 0 spiro atoms. The summed E-state index contributed by atoms with van der Waals surface area (Å²) in [6, 6.07) is 5.21. The molecular formula is C18H17F2N5O. The summed E-state index contributed by atoms with van der Waals surface area (Å²) in [4.78, 5) is 22.9. The molecular weight excluding hydrogens is 340 g/mol. The van der Waals surface area contributed by atoms with Crippen LogP contribution in [0.1, 0.15) is 40.5 Å². The molecule has 0 N–H and O–H groups in total. The topological polar surface area (TPSA) is 63.4 Å². The molecule has 26 heavy (non-hydrogen) atoms. The Morgan fingerprint density at radius 3 is 2.88 bits per heavy atom. The van der Waals surface area contributed by atoms with Crippen molar-refractivity contribution in [3.05, 3.63) is 59.2 Å². The number of amides is 1. The molecule has 3 heterocycles. The number of nitrogens with zero attached hydrogens (tertiary/aromatic N) is 5. The van der Waals surface area contributed by atoms with E-state index in [1.54, 1.807) is 9.42 Å². The lowest BCUT2D eigenvalue weighted by atomic mass is 9.93. The van der Waals surface area contributed by atoms with Gasteiger partial charge in [0.1, 0.15) is 6.33 Å². The van der Waals surface area contributed by atoms with E-state index in [0.29, 0.717) is 18.9 Å². The van der Waals surface area contributed by atoms with Crippen molar-refractivity contribution in [2.45, 2.75) is 25.7 Å². The van der Waals surface area contributed by atoms with Crippen LogP contribution in [0.4, 0.5) is 8.78 Å². The standard InChI is InChI=1S/C18H17F2N5O/c1-11-7-16(25-18(23-11)21-10-22-25)13-3-2-6-24(9-13)17(26)12-4-5-14(19)15(20)8-12/h4-5,7-8,10,13H,2-3,6,9H2,1H3. The molecule has 0 bridgehead atoms. The Kier molecular flexibility index (Phi) is 4.10. The predicted octanol–water partition coefficient (Wildman–Crippen LogP) is 2.73. The zero-order valence-electron chi connectivity index (χ0n) is 14.2. The molecule has 3 aromatic rings. The van der Waals surface area contributed by atoms with Gasteiger partial charge in [-0.3, -0.25) is 4.79 Å². The van der Waals surface area contributed by atoms with E-state index < -0.39 is 11.6 Å². The van der Waals surface area contributed by atoms with Gasteiger partial charge < -0.3 is 4.90 Å². The van der Waals surface area contributed by atoms with Gasteiger partial charge in [-0.2, -0.15) is 10.1 Å². The van der Waals surface area contributed by atoms with Crippen LogP contribution in [0.15, 0.2) is 30.6 Å². The van der Waals surface area contributed by atoms with Gasteiger partial charge in [-0.05, 0) is 44.0 Å². The number of piperidine rings is 1. The second kappa shape index (κ2) is 6.44. The number of carbonyl (C=O) groups excluding carboxylic acids is 1. The van der Waals surface area contributed by atoms with Gasteiger partial charge >= 0.3 is 0 Å². The fraction of sp³-hybridized carbons (Fsp3) is 0.333. The molecule has 8 heteroatoms. The number of benzene rings is 1. The zero-order chi connectivity index (χ0) is 18.3.